The van der Waals surface area contributed by atoms with Gasteiger partial charge >= 0.3 is 0 Å². The van der Waals surface area contributed by atoms with Crippen molar-refractivity contribution in [2.75, 3.05) is 26.3 Å². The van der Waals surface area contributed by atoms with Crippen molar-refractivity contribution in [3.05, 3.63) is 51.1 Å². The molecule has 1 N–H and O–H groups in total. The number of hydrogen-bond donors (Lipinski definition) is 1. The van der Waals surface area contributed by atoms with Gasteiger partial charge in [0.25, 0.3) is 5.56 Å². The van der Waals surface area contributed by atoms with Crippen LogP contribution in [0, 0.1) is 13.8 Å². The Morgan fingerprint density at radius 3 is 2.60 bits per heavy atom. The van der Waals surface area contributed by atoms with Crippen LogP contribution in [0.5, 0.6) is 0 Å². The molecule has 158 valence electrons. The van der Waals surface area contributed by atoms with Crippen molar-refractivity contribution >= 4 is 10.9 Å². The molecule has 0 bridgehead atoms. The van der Waals surface area contributed by atoms with Gasteiger partial charge in [-0.15, -0.1) is 5.10 Å². The van der Waals surface area contributed by atoms with Crippen molar-refractivity contribution < 1.29 is 4.74 Å². The van der Waals surface area contributed by atoms with E-state index in [0.29, 0.717) is 24.8 Å². The fourth-order valence-electron chi connectivity index (χ4n) is 4.82. The summed E-state index contributed by atoms with van der Waals surface area (Å²) in [5.41, 5.74) is 3.85. The van der Waals surface area contributed by atoms with Gasteiger partial charge in [0.05, 0.1) is 19.3 Å². The third kappa shape index (κ3) is 3.44. The molecule has 1 aliphatic carbocycles. The fraction of sp³-hybridized carbons (Fsp3) is 0.545. The molecule has 1 saturated heterocycles. The number of ether oxygens (including phenoxy) is 1. The molecule has 8 nitrogen and oxygen atoms in total. The number of morpholine rings is 1. The zero-order valence-corrected chi connectivity index (χ0v) is 17.6. The van der Waals surface area contributed by atoms with Crippen molar-refractivity contribution in [3.8, 4) is 0 Å². The number of nitrogens with one attached hydrogen (secondary N) is 1. The molecule has 1 atom stereocenters. The van der Waals surface area contributed by atoms with Gasteiger partial charge in [-0.1, -0.05) is 12.8 Å². The van der Waals surface area contributed by atoms with E-state index in [2.05, 4.69) is 45.3 Å². The molecule has 3 aromatic rings. The van der Waals surface area contributed by atoms with Crippen molar-refractivity contribution in [2.24, 2.45) is 0 Å². The Kier molecular flexibility index (Phi) is 5.12. The Labute approximate surface area is 175 Å². The molecule has 8 heteroatoms. The van der Waals surface area contributed by atoms with Crippen LogP contribution in [0.1, 0.15) is 60.3 Å². The fourth-order valence-corrected chi connectivity index (χ4v) is 4.82. The van der Waals surface area contributed by atoms with Crippen LogP contribution in [0.25, 0.3) is 10.9 Å². The maximum absolute atomic E-state index is 13.2. The number of aromatic amines is 1. The molecule has 2 fully saturated rings. The van der Waals surface area contributed by atoms with Gasteiger partial charge in [-0.2, -0.15) is 0 Å². The Balaban J connectivity index is 1.66. The van der Waals surface area contributed by atoms with E-state index in [1.807, 2.05) is 16.8 Å². The van der Waals surface area contributed by atoms with Crippen LogP contribution in [-0.2, 0) is 4.74 Å². The summed E-state index contributed by atoms with van der Waals surface area (Å²) >= 11 is 0. The maximum atomic E-state index is 13.2. The van der Waals surface area contributed by atoms with Gasteiger partial charge in [0.15, 0.2) is 5.82 Å². The van der Waals surface area contributed by atoms with Gasteiger partial charge in [-0.25, -0.2) is 4.68 Å². The summed E-state index contributed by atoms with van der Waals surface area (Å²) in [7, 11) is 0. The maximum Gasteiger partial charge on any atom is 0.253 e. The molecule has 3 heterocycles. The van der Waals surface area contributed by atoms with Gasteiger partial charge in [0.2, 0.25) is 0 Å². The minimum absolute atomic E-state index is 0.0804. The number of aryl methyl sites for hydroxylation is 2. The van der Waals surface area contributed by atoms with Crippen LogP contribution in [-0.4, -0.2) is 56.4 Å². The predicted octanol–water partition coefficient (Wildman–Crippen LogP) is 2.67. The number of H-pyrrole nitrogens is 1. The summed E-state index contributed by atoms with van der Waals surface area (Å²) in [6.45, 7) is 6.93. The number of benzene rings is 1. The van der Waals surface area contributed by atoms with Crippen molar-refractivity contribution in [2.45, 2.75) is 51.6 Å². The van der Waals surface area contributed by atoms with E-state index in [1.54, 1.807) is 0 Å². The van der Waals surface area contributed by atoms with Gasteiger partial charge in [-0.3, -0.25) is 9.69 Å². The lowest BCUT2D eigenvalue weighted by Crippen LogP contribution is -2.42. The lowest BCUT2D eigenvalue weighted by Gasteiger charge is -2.34. The molecule has 0 unspecified atom stereocenters. The number of tetrazole rings is 1. The summed E-state index contributed by atoms with van der Waals surface area (Å²) in [6, 6.07) is 6.22. The summed E-state index contributed by atoms with van der Waals surface area (Å²) < 4.78 is 7.55. The third-order valence-electron chi connectivity index (χ3n) is 6.63. The zero-order chi connectivity index (χ0) is 20.7. The minimum Gasteiger partial charge on any atom is -0.379 e. The quantitative estimate of drug-likeness (QED) is 0.714. The van der Waals surface area contributed by atoms with Crippen LogP contribution in [0.3, 0.4) is 0 Å². The van der Waals surface area contributed by atoms with Crippen LogP contribution < -0.4 is 5.56 Å². The topological polar surface area (TPSA) is 88.9 Å². The standard InChI is InChI=1S/C22H28N6O2/c1-14-11-16-13-18(22(29)23-19(16)12-15(14)2)20(27-7-9-30-10-8-27)21-24-25-26-28(21)17-5-3-4-6-17/h11-13,17,20H,3-10H2,1-2H3,(H,23,29)/t20-/m1/s1. The highest BCUT2D eigenvalue weighted by Gasteiger charge is 2.33. The van der Waals surface area contributed by atoms with Crippen LogP contribution in [0.2, 0.25) is 0 Å². The van der Waals surface area contributed by atoms with Crippen molar-refractivity contribution in [1.82, 2.24) is 30.1 Å². The first kappa shape index (κ1) is 19.4. The van der Waals surface area contributed by atoms with E-state index in [9.17, 15) is 4.79 Å². The van der Waals surface area contributed by atoms with Crippen molar-refractivity contribution in [1.29, 1.82) is 0 Å². The van der Waals surface area contributed by atoms with Gasteiger partial charge < -0.3 is 9.72 Å². The SMILES string of the molecule is Cc1cc2cc([C@H](c3nnnn3C3CCCC3)N3CCOCC3)c(=O)[nH]c2cc1C. The molecular formula is C22H28N6O2. The molecule has 2 aliphatic rings. The second kappa shape index (κ2) is 7.92. The van der Waals surface area contributed by atoms with Crippen LogP contribution in [0.4, 0.5) is 0 Å². The van der Waals surface area contributed by atoms with Gasteiger partial charge in [0.1, 0.15) is 6.04 Å². The Morgan fingerprint density at radius 2 is 1.83 bits per heavy atom. The number of fused-ring (bicyclic) bond motifs is 1. The van der Waals surface area contributed by atoms with Crippen LogP contribution >= 0.6 is 0 Å². The average molecular weight is 409 g/mol. The number of hydrogen-bond acceptors (Lipinski definition) is 6. The lowest BCUT2D eigenvalue weighted by molar-refractivity contribution is 0.0211. The van der Waals surface area contributed by atoms with E-state index in [4.69, 9.17) is 4.74 Å². The minimum atomic E-state index is -0.292. The van der Waals surface area contributed by atoms with E-state index < -0.39 is 0 Å². The van der Waals surface area contributed by atoms with Gasteiger partial charge in [0, 0.05) is 24.2 Å². The highest BCUT2D eigenvalue weighted by Crippen LogP contribution is 2.34. The third-order valence-corrected chi connectivity index (χ3v) is 6.63. The first-order valence-corrected chi connectivity index (χ1v) is 10.9. The smallest absolute Gasteiger partial charge is 0.253 e. The Hall–Kier alpha value is -2.58. The number of pyridine rings is 1. The number of rotatable bonds is 4. The molecule has 30 heavy (non-hydrogen) atoms. The van der Waals surface area contributed by atoms with E-state index >= 15 is 0 Å². The molecular weight excluding hydrogens is 380 g/mol. The Bertz CT molecular complexity index is 1110. The molecule has 0 spiro atoms. The largest absolute Gasteiger partial charge is 0.379 e. The monoisotopic (exact) mass is 408 g/mol. The lowest BCUT2D eigenvalue weighted by atomic mass is 10.0. The predicted molar refractivity (Wildman–Crippen MR) is 114 cm³/mol. The summed E-state index contributed by atoms with van der Waals surface area (Å²) in [4.78, 5) is 18.6. The highest BCUT2D eigenvalue weighted by atomic mass is 16.5. The average Bonchev–Trinajstić information content (AvgIpc) is 3.43. The zero-order valence-electron chi connectivity index (χ0n) is 17.6. The molecule has 1 aliphatic heterocycles. The normalized spacial score (nSPS) is 19.5. The first-order chi connectivity index (χ1) is 14.6. The Morgan fingerprint density at radius 1 is 1.10 bits per heavy atom. The highest BCUT2D eigenvalue weighted by molar-refractivity contribution is 5.81. The molecule has 0 amide bonds. The molecule has 0 radical (unpaired) electrons. The molecule has 1 saturated carbocycles. The van der Waals surface area contributed by atoms with Crippen LogP contribution in [0.15, 0.2) is 23.0 Å². The summed E-state index contributed by atoms with van der Waals surface area (Å²) in [5, 5.41) is 13.8. The second-order valence-corrected chi connectivity index (χ2v) is 8.55. The molecule has 2 aromatic heterocycles. The van der Waals surface area contributed by atoms with Gasteiger partial charge in [-0.05, 0) is 71.8 Å². The molecule has 1 aromatic carbocycles. The first-order valence-electron chi connectivity index (χ1n) is 10.9. The molecule has 5 rings (SSSR count). The number of aromatic nitrogens is 5. The summed E-state index contributed by atoms with van der Waals surface area (Å²) in [5.74, 6) is 0.762. The van der Waals surface area contributed by atoms with Crippen molar-refractivity contribution in [3.63, 3.8) is 0 Å². The van der Waals surface area contributed by atoms with E-state index in [0.717, 1.165) is 42.7 Å². The van der Waals surface area contributed by atoms with E-state index in [-0.39, 0.29) is 11.6 Å². The summed E-state index contributed by atoms with van der Waals surface area (Å²) in [6.07, 6.45) is 4.56. The second-order valence-electron chi connectivity index (χ2n) is 8.55. The number of nitrogens with zero attached hydrogens (tertiary/aromatic N) is 5. The van der Waals surface area contributed by atoms with E-state index in [1.165, 1.54) is 24.0 Å².